The van der Waals surface area contributed by atoms with E-state index in [4.69, 9.17) is 4.74 Å². The minimum atomic E-state index is 0.668. The first-order valence-electron chi connectivity index (χ1n) is 7.48. The van der Waals surface area contributed by atoms with E-state index in [0.29, 0.717) is 5.92 Å². The number of aliphatic imine (C=N–C) groups is 1. The first-order chi connectivity index (χ1) is 9.75. The van der Waals surface area contributed by atoms with E-state index in [0.717, 1.165) is 50.8 Å². The second kappa shape index (κ2) is 7.78. The van der Waals surface area contributed by atoms with Crippen LogP contribution in [-0.4, -0.2) is 25.7 Å². The average Bonchev–Trinajstić information content (AvgIpc) is 2.47. The zero-order chi connectivity index (χ0) is 14.2. The molecule has 4 nitrogen and oxygen atoms in total. The Labute approximate surface area is 121 Å². The molecule has 2 N–H and O–H groups in total. The van der Waals surface area contributed by atoms with Gasteiger partial charge in [-0.25, -0.2) is 0 Å². The molecule has 0 unspecified atom stereocenters. The Morgan fingerprint density at radius 2 is 2.20 bits per heavy atom. The Kier molecular flexibility index (Phi) is 5.71. The summed E-state index contributed by atoms with van der Waals surface area (Å²) in [4.78, 5) is 4.41. The van der Waals surface area contributed by atoms with Crippen molar-refractivity contribution in [2.24, 2.45) is 10.9 Å². The predicted octanol–water partition coefficient (Wildman–Crippen LogP) is 2.55. The predicted molar refractivity (Wildman–Crippen MR) is 83.2 cm³/mol. The average molecular weight is 275 g/mol. The highest BCUT2D eigenvalue weighted by atomic mass is 16.5. The zero-order valence-electron chi connectivity index (χ0n) is 12.5. The van der Waals surface area contributed by atoms with Gasteiger partial charge in [-0.05, 0) is 24.8 Å². The van der Waals surface area contributed by atoms with E-state index in [1.807, 2.05) is 18.2 Å². The van der Waals surface area contributed by atoms with Crippen molar-refractivity contribution < 1.29 is 4.74 Å². The molecule has 0 aromatic heterocycles. The quantitative estimate of drug-likeness (QED) is 0.838. The maximum atomic E-state index is 5.89. The molecule has 0 spiro atoms. The van der Waals surface area contributed by atoms with Crippen LogP contribution in [0.25, 0.3) is 0 Å². The van der Waals surface area contributed by atoms with Gasteiger partial charge in [0.25, 0.3) is 0 Å². The number of rotatable bonds is 6. The van der Waals surface area contributed by atoms with Gasteiger partial charge in [0.2, 0.25) is 0 Å². The SMILES string of the molecule is CC(C)CCOc1ccccc1CNC1=NCCCN1. The number of benzene rings is 1. The fourth-order valence-electron chi connectivity index (χ4n) is 2.03. The van der Waals surface area contributed by atoms with Crippen LogP contribution in [0.2, 0.25) is 0 Å². The lowest BCUT2D eigenvalue weighted by Gasteiger charge is -2.17. The number of hydrogen-bond acceptors (Lipinski definition) is 4. The van der Waals surface area contributed by atoms with Crippen LogP contribution < -0.4 is 15.4 Å². The Morgan fingerprint density at radius 1 is 1.35 bits per heavy atom. The molecule has 1 aliphatic heterocycles. The lowest BCUT2D eigenvalue weighted by atomic mass is 10.1. The smallest absolute Gasteiger partial charge is 0.191 e. The summed E-state index contributed by atoms with van der Waals surface area (Å²) in [6.45, 7) is 7.84. The Morgan fingerprint density at radius 3 is 2.95 bits per heavy atom. The van der Waals surface area contributed by atoms with Crippen LogP contribution in [0.4, 0.5) is 0 Å². The molecular formula is C16H25N3O. The van der Waals surface area contributed by atoms with Crippen molar-refractivity contribution in [3.63, 3.8) is 0 Å². The Bertz CT molecular complexity index is 443. The van der Waals surface area contributed by atoms with Crippen molar-refractivity contribution in [2.45, 2.75) is 33.2 Å². The highest BCUT2D eigenvalue weighted by molar-refractivity contribution is 5.80. The van der Waals surface area contributed by atoms with Crippen molar-refractivity contribution in [3.05, 3.63) is 29.8 Å². The molecular weight excluding hydrogens is 250 g/mol. The zero-order valence-corrected chi connectivity index (χ0v) is 12.5. The fourth-order valence-corrected chi connectivity index (χ4v) is 2.03. The van der Waals surface area contributed by atoms with E-state index in [-0.39, 0.29) is 0 Å². The van der Waals surface area contributed by atoms with Crippen LogP contribution in [0.5, 0.6) is 5.75 Å². The molecule has 1 heterocycles. The van der Waals surface area contributed by atoms with Gasteiger partial charge in [-0.15, -0.1) is 0 Å². The summed E-state index contributed by atoms with van der Waals surface area (Å²) in [6, 6.07) is 8.20. The second-order valence-corrected chi connectivity index (χ2v) is 5.50. The van der Waals surface area contributed by atoms with Gasteiger partial charge in [-0.3, -0.25) is 4.99 Å². The molecule has 0 atom stereocenters. The van der Waals surface area contributed by atoms with Gasteiger partial charge in [0.1, 0.15) is 5.75 Å². The second-order valence-electron chi connectivity index (χ2n) is 5.50. The van der Waals surface area contributed by atoms with Gasteiger partial charge in [0, 0.05) is 25.2 Å². The number of hydrogen-bond donors (Lipinski definition) is 2. The van der Waals surface area contributed by atoms with Crippen molar-refractivity contribution >= 4 is 5.96 Å². The summed E-state index contributed by atoms with van der Waals surface area (Å²) in [5.74, 6) is 2.53. The Hall–Kier alpha value is -1.71. The summed E-state index contributed by atoms with van der Waals surface area (Å²) < 4.78 is 5.89. The molecule has 0 radical (unpaired) electrons. The standard InChI is InChI=1S/C16H25N3O/c1-13(2)8-11-20-15-7-4-3-6-14(15)12-19-16-17-9-5-10-18-16/h3-4,6-7,13H,5,8-12H2,1-2H3,(H2,17,18,19). The summed E-state index contributed by atoms with van der Waals surface area (Å²) in [5.41, 5.74) is 1.17. The number of nitrogens with zero attached hydrogens (tertiary/aromatic N) is 1. The first kappa shape index (κ1) is 14.7. The monoisotopic (exact) mass is 275 g/mol. The number of nitrogens with one attached hydrogen (secondary N) is 2. The Balaban J connectivity index is 1.88. The summed E-state index contributed by atoms with van der Waals surface area (Å²) in [7, 11) is 0. The summed E-state index contributed by atoms with van der Waals surface area (Å²) in [6.07, 6.45) is 2.19. The van der Waals surface area contributed by atoms with Crippen LogP contribution in [0.1, 0.15) is 32.3 Å². The molecule has 1 aromatic carbocycles. The summed E-state index contributed by atoms with van der Waals surface area (Å²) in [5, 5.41) is 6.60. The molecule has 0 saturated heterocycles. The molecule has 0 bridgehead atoms. The maximum Gasteiger partial charge on any atom is 0.191 e. The highest BCUT2D eigenvalue weighted by Gasteiger charge is 2.06. The molecule has 4 heteroatoms. The van der Waals surface area contributed by atoms with Crippen LogP contribution in [0.3, 0.4) is 0 Å². The number of para-hydroxylation sites is 1. The molecule has 20 heavy (non-hydrogen) atoms. The van der Waals surface area contributed by atoms with Crippen molar-refractivity contribution in [3.8, 4) is 5.75 Å². The van der Waals surface area contributed by atoms with Crippen LogP contribution >= 0.6 is 0 Å². The van der Waals surface area contributed by atoms with E-state index in [9.17, 15) is 0 Å². The first-order valence-corrected chi connectivity index (χ1v) is 7.48. The van der Waals surface area contributed by atoms with Crippen molar-refractivity contribution in [1.29, 1.82) is 0 Å². The van der Waals surface area contributed by atoms with Gasteiger partial charge < -0.3 is 15.4 Å². The van der Waals surface area contributed by atoms with Crippen LogP contribution in [0, 0.1) is 5.92 Å². The van der Waals surface area contributed by atoms with Crippen LogP contribution in [0.15, 0.2) is 29.3 Å². The third-order valence-electron chi connectivity index (χ3n) is 3.27. The van der Waals surface area contributed by atoms with Crippen LogP contribution in [-0.2, 0) is 6.54 Å². The minimum Gasteiger partial charge on any atom is -0.493 e. The topological polar surface area (TPSA) is 45.6 Å². The van der Waals surface area contributed by atoms with Gasteiger partial charge in [0.05, 0.1) is 6.61 Å². The lowest BCUT2D eigenvalue weighted by molar-refractivity contribution is 0.286. The molecule has 0 fully saturated rings. The van der Waals surface area contributed by atoms with E-state index in [1.54, 1.807) is 0 Å². The van der Waals surface area contributed by atoms with Crippen molar-refractivity contribution in [2.75, 3.05) is 19.7 Å². The van der Waals surface area contributed by atoms with Gasteiger partial charge in [0.15, 0.2) is 5.96 Å². The molecule has 1 aromatic rings. The summed E-state index contributed by atoms with van der Waals surface area (Å²) >= 11 is 0. The fraction of sp³-hybridized carbons (Fsp3) is 0.562. The van der Waals surface area contributed by atoms with E-state index < -0.39 is 0 Å². The number of guanidine groups is 1. The van der Waals surface area contributed by atoms with Gasteiger partial charge >= 0.3 is 0 Å². The third-order valence-corrected chi connectivity index (χ3v) is 3.27. The van der Waals surface area contributed by atoms with E-state index >= 15 is 0 Å². The van der Waals surface area contributed by atoms with E-state index in [1.165, 1.54) is 5.56 Å². The largest absolute Gasteiger partial charge is 0.493 e. The van der Waals surface area contributed by atoms with Crippen molar-refractivity contribution in [1.82, 2.24) is 10.6 Å². The number of ether oxygens (including phenoxy) is 1. The lowest BCUT2D eigenvalue weighted by Crippen LogP contribution is -2.40. The highest BCUT2D eigenvalue weighted by Crippen LogP contribution is 2.18. The van der Waals surface area contributed by atoms with Gasteiger partial charge in [-0.1, -0.05) is 32.0 Å². The minimum absolute atomic E-state index is 0.668. The molecule has 1 aliphatic rings. The molecule has 0 saturated carbocycles. The molecule has 2 rings (SSSR count). The van der Waals surface area contributed by atoms with Gasteiger partial charge in [-0.2, -0.15) is 0 Å². The molecule has 0 aliphatic carbocycles. The third kappa shape index (κ3) is 4.76. The molecule has 0 amide bonds. The normalized spacial score (nSPS) is 14.7. The van der Waals surface area contributed by atoms with E-state index in [2.05, 4.69) is 35.5 Å². The molecule has 110 valence electrons. The maximum absolute atomic E-state index is 5.89.